The summed E-state index contributed by atoms with van der Waals surface area (Å²) in [6.45, 7) is 0.740. The number of hydrogen-bond donors (Lipinski definition) is 1. The molecule has 0 unspecified atom stereocenters. The van der Waals surface area contributed by atoms with Crippen molar-refractivity contribution in [1.29, 1.82) is 0 Å². The van der Waals surface area contributed by atoms with Gasteiger partial charge in [0.2, 0.25) is 0 Å². The van der Waals surface area contributed by atoms with Crippen LogP contribution in [0.15, 0.2) is 11.4 Å². The second-order valence-electron chi connectivity index (χ2n) is 2.37. The van der Waals surface area contributed by atoms with Crippen molar-refractivity contribution in [1.82, 2.24) is 5.48 Å². The van der Waals surface area contributed by atoms with Crippen LogP contribution in [-0.2, 0) is 9.57 Å². The third-order valence-electron chi connectivity index (χ3n) is 1.38. The highest BCUT2D eigenvalue weighted by atomic mass is 35.5. The molecule has 78 valence electrons. The van der Waals surface area contributed by atoms with Gasteiger partial charge in [-0.15, -0.1) is 11.3 Å². The lowest BCUT2D eigenvalue weighted by molar-refractivity contribution is 0.00916. The first-order valence-corrected chi connectivity index (χ1v) is 5.15. The minimum absolute atomic E-state index is 0.311. The molecule has 1 amide bonds. The Balaban J connectivity index is 2.32. The number of amides is 1. The van der Waals surface area contributed by atoms with Gasteiger partial charge in [-0.1, -0.05) is 11.6 Å². The molecule has 1 heterocycles. The highest BCUT2D eigenvalue weighted by molar-refractivity contribution is 7.12. The zero-order valence-corrected chi connectivity index (χ0v) is 9.15. The fourth-order valence-corrected chi connectivity index (χ4v) is 1.77. The first-order chi connectivity index (χ1) is 6.75. The first-order valence-electron chi connectivity index (χ1n) is 3.89. The Morgan fingerprint density at radius 2 is 2.43 bits per heavy atom. The minimum atomic E-state index is -0.332. The van der Waals surface area contributed by atoms with Crippen molar-refractivity contribution in [2.75, 3.05) is 20.3 Å². The van der Waals surface area contributed by atoms with Crippen LogP contribution in [0.4, 0.5) is 0 Å². The van der Waals surface area contributed by atoms with E-state index in [9.17, 15) is 4.79 Å². The number of carbonyl (C=O) groups is 1. The van der Waals surface area contributed by atoms with E-state index in [-0.39, 0.29) is 5.91 Å². The zero-order valence-electron chi connectivity index (χ0n) is 7.58. The summed E-state index contributed by atoms with van der Waals surface area (Å²) in [5.41, 5.74) is 2.27. The molecule has 0 saturated carbocycles. The van der Waals surface area contributed by atoms with Crippen molar-refractivity contribution in [2.24, 2.45) is 0 Å². The molecule has 1 rings (SSSR count). The maximum Gasteiger partial charge on any atom is 0.286 e. The van der Waals surface area contributed by atoms with E-state index in [4.69, 9.17) is 21.2 Å². The van der Waals surface area contributed by atoms with Gasteiger partial charge in [0.1, 0.15) is 4.88 Å². The van der Waals surface area contributed by atoms with Gasteiger partial charge in [0.15, 0.2) is 0 Å². The van der Waals surface area contributed by atoms with Crippen LogP contribution < -0.4 is 5.48 Å². The molecule has 0 aliphatic carbocycles. The van der Waals surface area contributed by atoms with Crippen molar-refractivity contribution < 1.29 is 14.4 Å². The molecular formula is C8H10ClNO3S. The summed E-state index contributed by atoms with van der Waals surface area (Å²) in [6.07, 6.45) is 0. The molecule has 0 bridgehead atoms. The number of thiophene rings is 1. The van der Waals surface area contributed by atoms with Crippen molar-refractivity contribution >= 4 is 28.8 Å². The normalized spacial score (nSPS) is 10.1. The molecule has 1 N–H and O–H groups in total. The predicted octanol–water partition coefficient (Wildman–Crippen LogP) is 1.71. The summed E-state index contributed by atoms with van der Waals surface area (Å²) in [4.78, 5) is 16.6. The van der Waals surface area contributed by atoms with Crippen LogP contribution in [0.5, 0.6) is 0 Å². The molecule has 0 aromatic carbocycles. The van der Waals surface area contributed by atoms with Crippen LogP contribution in [0.2, 0.25) is 5.02 Å². The summed E-state index contributed by atoms with van der Waals surface area (Å²) in [7, 11) is 1.56. The van der Waals surface area contributed by atoms with Crippen LogP contribution in [-0.4, -0.2) is 26.2 Å². The summed E-state index contributed by atoms with van der Waals surface area (Å²) in [5.74, 6) is -0.332. The lowest BCUT2D eigenvalue weighted by atomic mass is 10.4. The van der Waals surface area contributed by atoms with Crippen molar-refractivity contribution in [2.45, 2.75) is 0 Å². The number of ether oxygens (including phenoxy) is 1. The van der Waals surface area contributed by atoms with Gasteiger partial charge in [0, 0.05) is 7.11 Å². The van der Waals surface area contributed by atoms with Crippen molar-refractivity contribution in [3.63, 3.8) is 0 Å². The van der Waals surface area contributed by atoms with Crippen molar-refractivity contribution in [3.8, 4) is 0 Å². The van der Waals surface area contributed by atoms with Gasteiger partial charge in [-0.2, -0.15) is 0 Å². The maximum absolute atomic E-state index is 11.3. The number of halogens is 1. The molecule has 0 aliphatic rings. The first kappa shape index (κ1) is 11.5. The number of nitrogens with one attached hydrogen (secondary N) is 1. The van der Waals surface area contributed by atoms with Gasteiger partial charge < -0.3 is 4.74 Å². The van der Waals surface area contributed by atoms with E-state index in [1.807, 2.05) is 0 Å². The quantitative estimate of drug-likeness (QED) is 0.624. The average molecular weight is 236 g/mol. The van der Waals surface area contributed by atoms with Gasteiger partial charge in [-0.25, -0.2) is 5.48 Å². The Morgan fingerprint density at radius 1 is 1.64 bits per heavy atom. The maximum atomic E-state index is 11.3. The standard InChI is InChI=1S/C8H10ClNO3S/c1-12-3-4-13-10-8(11)7-6(9)2-5-14-7/h2,5H,3-4H2,1H3,(H,10,11). The number of hydroxylamine groups is 1. The molecular weight excluding hydrogens is 226 g/mol. The molecule has 0 saturated heterocycles. The van der Waals surface area contributed by atoms with Crippen LogP contribution in [0, 0.1) is 0 Å². The highest BCUT2D eigenvalue weighted by Gasteiger charge is 2.11. The second-order valence-corrected chi connectivity index (χ2v) is 3.69. The summed E-state index contributed by atoms with van der Waals surface area (Å²) < 4.78 is 4.74. The van der Waals surface area contributed by atoms with Gasteiger partial charge in [-0.05, 0) is 11.4 Å². The highest BCUT2D eigenvalue weighted by Crippen LogP contribution is 2.21. The largest absolute Gasteiger partial charge is 0.382 e. The van der Waals surface area contributed by atoms with E-state index >= 15 is 0 Å². The van der Waals surface area contributed by atoms with Gasteiger partial charge in [0.05, 0.1) is 18.2 Å². The number of carbonyl (C=O) groups excluding carboxylic acids is 1. The Kier molecular flexibility index (Phi) is 4.89. The van der Waals surface area contributed by atoms with Gasteiger partial charge in [-0.3, -0.25) is 9.63 Å². The Hall–Kier alpha value is -0.620. The van der Waals surface area contributed by atoms with Gasteiger partial charge >= 0.3 is 0 Å². The third-order valence-corrected chi connectivity index (χ3v) is 2.72. The molecule has 0 radical (unpaired) electrons. The Labute approximate surface area is 90.7 Å². The van der Waals surface area contributed by atoms with Crippen LogP contribution in [0.1, 0.15) is 9.67 Å². The van der Waals surface area contributed by atoms with Crippen LogP contribution in [0.3, 0.4) is 0 Å². The van der Waals surface area contributed by atoms with E-state index in [2.05, 4.69) is 5.48 Å². The fourth-order valence-electron chi connectivity index (χ4n) is 0.744. The SMILES string of the molecule is COCCONC(=O)c1sccc1Cl. The van der Waals surface area contributed by atoms with Crippen LogP contribution in [0.25, 0.3) is 0 Å². The molecule has 6 heteroatoms. The lowest BCUT2D eigenvalue weighted by Crippen LogP contribution is -2.24. The van der Waals surface area contributed by atoms with E-state index in [1.165, 1.54) is 11.3 Å². The zero-order chi connectivity index (χ0) is 10.4. The Bertz CT molecular complexity index is 303. The van der Waals surface area contributed by atoms with E-state index in [0.29, 0.717) is 23.1 Å². The molecule has 0 fully saturated rings. The van der Waals surface area contributed by atoms with E-state index in [1.54, 1.807) is 18.6 Å². The topological polar surface area (TPSA) is 47.6 Å². The smallest absolute Gasteiger partial charge is 0.286 e. The molecule has 4 nitrogen and oxygen atoms in total. The molecule has 1 aromatic rings. The summed E-state index contributed by atoms with van der Waals surface area (Å²) in [5, 5.41) is 2.18. The number of rotatable bonds is 5. The monoisotopic (exact) mass is 235 g/mol. The van der Waals surface area contributed by atoms with Gasteiger partial charge in [0.25, 0.3) is 5.91 Å². The molecule has 14 heavy (non-hydrogen) atoms. The minimum Gasteiger partial charge on any atom is -0.382 e. The number of methoxy groups -OCH3 is 1. The lowest BCUT2D eigenvalue weighted by Gasteiger charge is -2.03. The fraction of sp³-hybridized carbons (Fsp3) is 0.375. The summed E-state index contributed by atoms with van der Waals surface area (Å²) >= 11 is 7.01. The summed E-state index contributed by atoms with van der Waals surface area (Å²) in [6, 6.07) is 1.66. The molecule has 0 aliphatic heterocycles. The Morgan fingerprint density at radius 3 is 3.00 bits per heavy atom. The second kappa shape index (κ2) is 5.98. The van der Waals surface area contributed by atoms with E-state index in [0.717, 1.165) is 0 Å². The average Bonchev–Trinajstić information content (AvgIpc) is 2.59. The van der Waals surface area contributed by atoms with Crippen LogP contribution >= 0.6 is 22.9 Å². The molecule has 0 atom stereocenters. The molecule has 0 spiro atoms. The predicted molar refractivity (Wildman–Crippen MR) is 54.6 cm³/mol. The molecule has 1 aromatic heterocycles. The third kappa shape index (κ3) is 3.26. The number of hydrogen-bond acceptors (Lipinski definition) is 4. The van der Waals surface area contributed by atoms with E-state index < -0.39 is 0 Å². The van der Waals surface area contributed by atoms with Crippen molar-refractivity contribution in [3.05, 3.63) is 21.3 Å².